The topological polar surface area (TPSA) is 50.2 Å². The Balaban J connectivity index is 0.000000305. The van der Waals surface area contributed by atoms with Gasteiger partial charge in [-0.25, -0.2) is 0 Å². The molecule has 0 aliphatic rings. The van der Waals surface area contributed by atoms with Crippen LogP contribution in [-0.4, -0.2) is 22.1 Å². The summed E-state index contributed by atoms with van der Waals surface area (Å²) in [6, 6.07) is 23.5. The van der Waals surface area contributed by atoms with E-state index >= 15 is 0 Å². The summed E-state index contributed by atoms with van der Waals surface area (Å²) < 4.78 is 40.4. The standard InChI is InChI=1S/C29H28NS.C15H25F3O2.Ir/c1-18(2)15-20-10-8-12-23-24-13-14-30-26(28(24)31-27(20)23)21-16-19-9-6-7-11-22(19)25(17-21)29(3,4)5;1-6-13(4,7-2)11(19)9-12(20)14(5,8-3)10-15(16,17)18;/h6-14,17-18H,15H2,1-5H3;9,20H,6-8,10H2,1-5H3;/q-1;;/b;12-9-;. The summed E-state index contributed by atoms with van der Waals surface area (Å²) in [5.41, 5.74) is 2.88. The fraction of sp³-hybridized carbons (Fsp3) is 0.455. The van der Waals surface area contributed by atoms with Crippen molar-refractivity contribution < 1.29 is 43.2 Å². The van der Waals surface area contributed by atoms with Crippen molar-refractivity contribution in [2.45, 2.75) is 113 Å². The summed E-state index contributed by atoms with van der Waals surface area (Å²) in [6.07, 6.45) is -0.209. The van der Waals surface area contributed by atoms with E-state index in [1.54, 1.807) is 13.8 Å². The molecule has 8 heteroatoms. The van der Waals surface area contributed by atoms with E-state index in [2.05, 4.69) is 95.3 Å². The molecule has 283 valence electrons. The van der Waals surface area contributed by atoms with E-state index in [4.69, 9.17) is 4.98 Å². The average Bonchev–Trinajstić information content (AvgIpc) is 3.46. The van der Waals surface area contributed by atoms with Crippen molar-refractivity contribution in [2.24, 2.45) is 16.7 Å². The number of allylic oxidation sites excluding steroid dienone is 2. The first-order valence-corrected chi connectivity index (χ1v) is 18.9. The van der Waals surface area contributed by atoms with Crippen LogP contribution in [0.15, 0.2) is 72.6 Å². The number of hydrogen-bond donors (Lipinski definition) is 1. The number of carbonyl (C=O) groups excluding carboxylic acids is 1. The van der Waals surface area contributed by atoms with Crippen LogP contribution in [-0.2, 0) is 36.7 Å². The van der Waals surface area contributed by atoms with Gasteiger partial charge in [-0.3, -0.25) is 9.78 Å². The minimum atomic E-state index is -4.38. The second-order valence-electron chi connectivity index (χ2n) is 15.8. The molecular formula is C44H53F3IrNO2S-. The number of thiophene rings is 1. The predicted octanol–water partition coefficient (Wildman–Crippen LogP) is 13.8. The van der Waals surface area contributed by atoms with Crippen molar-refractivity contribution in [3.63, 3.8) is 0 Å². The first kappa shape index (κ1) is 43.3. The maximum atomic E-state index is 12.6. The van der Waals surface area contributed by atoms with Gasteiger partial charge in [0.2, 0.25) is 0 Å². The number of ketones is 1. The molecule has 0 aliphatic heterocycles. The van der Waals surface area contributed by atoms with Gasteiger partial charge in [-0.15, -0.1) is 40.5 Å². The Morgan fingerprint density at radius 3 is 2.04 bits per heavy atom. The molecule has 3 nitrogen and oxygen atoms in total. The SMILES string of the molecule is CC(C)Cc1cccc2c1sc1c(-c3[c-]c4ccccc4c(C(C)(C)C)c3)nccc12.CCC(C)(CC)C(=O)/C=C(\O)C(C)(CC)CC(F)(F)F.[Ir]. The molecule has 0 fully saturated rings. The third-order valence-electron chi connectivity index (χ3n) is 10.4. The average molecular weight is 909 g/mol. The maximum Gasteiger partial charge on any atom is 0.390 e. The molecule has 3 aromatic carbocycles. The summed E-state index contributed by atoms with van der Waals surface area (Å²) in [6.45, 7) is 19.8. The number of halogens is 3. The molecule has 0 saturated carbocycles. The molecule has 0 spiro atoms. The van der Waals surface area contributed by atoms with E-state index in [1.807, 2.05) is 31.4 Å². The monoisotopic (exact) mass is 909 g/mol. The van der Waals surface area contributed by atoms with Gasteiger partial charge in [0, 0.05) is 63.7 Å². The Labute approximate surface area is 325 Å². The van der Waals surface area contributed by atoms with Gasteiger partial charge in [0.05, 0.1) is 6.42 Å². The van der Waals surface area contributed by atoms with Gasteiger partial charge in [-0.1, -0.05) is 117 Å². The van der Waals surface area contributed by atoms with Gasteiger partial charge < -0.3 is 5.11 Å². The summed E-state index contributed by atoms with van der Waals surface area (Å²) in [7, 11) is 0. The van der Waals surface area contributed by atoms with Gasteiger partial charge in [0.15, 0.2) is 5.78 Å². The predicted molar refractivity (Wildman–Crippen MR) is 210 cm³/mol. The van der Waals surface area contributed by atoms with E-state index in [0.29, 0.717) is 18.8 Å². The number of aliphatic hydroxyl groups is 1. The fourth-order valence-corrected chi connectivity index (χ4v) is 7.79. The molecular weight excluding hydrogens is 856 g/mol. The Hall–Kier alpha value is -3.06. The van der Waals surface area contributed by atoms with Crippen LogP contribution in [0.3, 0.4) is 0 Å². The van der Waals surface area contributed by atoms with Crippen LogP contribution in [0.5, 0.6) is 0 Å². The zero-order chi connectivity index (χ0) is 37.9. The van der Waals surface area contributed by atoms with E-state index < -0.39 is 29.2 Å². The summed E-state index contributed by atoms with van der Waals surface area (Å²) in [4.78, 5) is 17.0. The molecule has 1 atom stereocenters. The number of fused-ring (bicyclic) bond motifs is 4. The minimum Gasteiger partial charge on any atom is -0.512 e. The summed E-state index contributed by atoms with van der Waals surface area (Å²) >= 11 is 1.89. The van der Waals surface area contributed by atoms with Crippen molar-refractivity contribution in [1.29, 1.82) is 0 Å². The number of nitrogens with zero attached hydrogens (tertiary/aromatic N) is 1. The molecule has 0 aliphatic carbocycles. The molecule has 1 unspecified atom stereocenters. The first-order chi connectivity index (χ1) is 23.8. The third-order valence-corrected chi connectivity index (χ3v) is 11.7. The fourth-order valence-electron chi connectivity index (χ4n) is 6.46. The van der Waals surface area contributed by atoms with E-state index in [0.717, 1.165) is 29.1 Å². The Bertz CT molecular complexity index is 2040. The van der Waals surface area contributed by atoms with E-state index in [1.165, 1.54) is 43.6 Å². The van der Waals surface area contributed by atoms with Crippen LogP contribution < -0.4 is 0 Å². The molecule has 5 aromatic rings. The Kier molecular flexibility index (Phi) is 14.1. The van der Waals surface area contributed by atoms with Crippen LogP contribution in [0.4, 0.5) is 13.2 Å². The van der Waals surface area contributed by atoms with Gasteiger partial charge in [0.1, 0.15) is 5.76 Å². The van der Waals surface area contributed by atoms with Crippen molar-refractivity contribution in [3.8, 4) is 11.3 Å². The zero-order valence-corrected chi connectivity index (χ0v) is 35.4. The number of carbonyl (C=O) groups is 1. The normalized spacial score (nSPS) is 13.9. The quantitative estimate of drug-likeness (QED) is 0.0863. The molecule has 0 saturated heterocycles. The van der Waals surface area contributed by atoms with Crippen LogP contribution in [0.1, 0.15) is 106 Å². The van der Waals surface area contributed by atoms with Crippen molar-refractivity contribution in [3.05, 3.63) is 89.8 Å². The van der Waals surface area contributed by atoms with E-state index in [-0.39, 0.29) is 37.7 Å². The van der Waals surface area contributed by atoms with Crippen molar-refractivity contribution >= 4 is 48.1 Å². The van der Waals surface area contributed by atoms with Crippen molar-refractivity contribution in [1.82, 2.24) is 4.98 Å². The number of benzene rings is 3. The molecule has 5 rings (SSSR count). The molecule has 0 bridgehead atoms. The van der Waals surface area contributed by atoms with Crippen LogP contribution in [0.2, 0.25) is 0 Å². The second-order valence-corrected chi connectivity index (χ2v) is 16.8. The molecule has 1 N–H and O–H groups in total. The number of aliphatic hydroxyl groups excluding tert-OH is 1. The largest absolute Gasteiger partial charge is 0.512 e. The number of alkyl halides is 3. The van der Waals surface area contributed by atoms with Gasteiger partial charge >= 0.3 is 6.18 Å². The molecule has 0 amide bonds. The minimum absolute atomic E-state index is 0. The molecule has 1 radical (unpaired) electrons. The Morgan fingerprint density at radius 2 is 1.46 bits per heavy atom. The Morgan fingerprint density at radius 1 is 0.865 bits per heavy atom. The first-order valence-electron chi connectivity index (χ1n) is 18.0. The second kappa shape index (κ2) is 17.0. The molecule has 52 heavy (non-hydrogen) atoms. The third kappa shape index (κ3) is 9.72. The van der Waals surface area contributed by atoms with Gasteiger partial charge in [-0.2, -0.15) is 13.2 Å². The maximum absolute atomic E-state index is 12.6. The summed E-state index contributed by atoms with van der Waals surface area (Å²) in [5, 5.41) is 15.1. The molecule has 2 heterocycles. The zero-order valence-electron chi connectivity index (χ0n) is 32.1. The number of aromatic nitrogens is 1. The number of hydrogen-bond acceptors (Lipinski definition) is 4. The number of pyridine rings is 1. The van der Waals surface area contributed by atoms with Crippen LogP contribution >= 0.6 is 11.3 Å². The van der Waals surface area contributed by atoms with Crippen LogP contribution in [0, 0.1) is 22.8 Å². The van der Waals surface area contributed by atoms with Crippen molar-refractivity contribution in [2.75, 3.05) is 0 Å². The molecule has 2 aromatic heterocycles. The number of rotatable bonds is 10. The van der Waals surface area contributed by atoms with E-state index in [9.17, 15) is 23.1 Å². The summed E-state index contributed by atoms with van der Waals surface area (Å²) in [5.74, 6) is -0.158. The van der Waals surface area contributed by atoms with Gasteiger partial charge in [0.25, 0.3) is 0 Å². The smallest absolute Gasteiger partial charge is 0.390 e. The van der Waals surface area contributed by atoms with Crippen LogP contribution in [0.25, 0.3) is 42.2 Å². The van der Waals surface area contributed by atoms with Gasteiger partial charge in [-0.05, 0) is 54.0 Å².